The quantitative estimate of drug-likeness (QED) is 0.853. The van der Waals surface area contributed by atoms with Gasteiger partial charge in [0.2, 0.25) is 0 Å². The molecule has 0 saturated heterocycles. The molecule has 1 atom stereocenters. The molecule has 5 nitrogen and oxygen atoms in total. The highest BCUT2D eigenvalue weighted by Gasteiger charge is 2.14. The third-order valence-corrected chi connectivity index (χ3v) is 2.65. The molecule has 90 valence electrons. The van der Waals surface area contributed by atoms with Crippen LogP contribution >= 0.6 is 0 Å². The summed E-state index contributed by atoms with van der Waals surface area (Å²) in [5.41, 5.74) is 0.789. The van der Waals surface area contributed by atoms with Crippen LogP contribution in [0.2, 0.25) is 0 Å². The van der Waals surface area contributed by atoms with Crippen molar-refractivity contribution >= 4 is 0 Å². The van der Waals surface area contributed by atoms with Crippen molar-refractivity contribution in [2.75, 3.05) is 7.05 Å². The molecule has 0 bridgehead atoms. The normalized spacial score (nSPS) is 12.6. The van der Waals surface area contributed by atoms with Crippen LogP contribution < -0.4 is 5.32 Å². The fourth-order valence-corrected chi connectivity index (χ4v) is 1.64. The average molecular weight is 235 g/mol. The Morgan fingerprint density at radius 2 is 2.24 bits per heavy atom. The number of nitrogens with zero attached hydrogens (tertiary/aromatic N) is 4. The van der Waals surface area contributed by atoms with Crippen molar-refractivity contribution in [3.8, 4) is 0 Å². The van der Waals surface area contributed by atoms with E-state index in [-0.39, 0.29) is 11.9 Å². The lowest BCUT2D eigenvalue weighted by molar-refractivity contribution is 0.536. The highest BCUT2D eigenvalue weighted by atomic mass is 19.1. The minimum atomic E-state index is -0.331. The van der Waals surface area contributed by atoms with E-state index in [1.165, 1.54) is 18.6 Å². The molecular formula is C11H14FN5. The van der Waals surface area contributed by atoms with Gasteiger partial charge in [0, 0.05) is 13.5 Å². The van der Waals surface area contributed by atoms with Gasteiger partial charge in [-0.05, 0) is 19.2 Å². The maximum absolute atomic E-state index is 12.8. The van der Waals surface area contributed by atoms with Gasteiger partial charge in [-0.15, -0.1) is 0 Å². The van der Waals surface area contributed by atoms with Crippen LogP contribution in [0.3, 0.4) is 0 Å². The molecule has 0 spiro atoms. The molecular weight excluding hydrogens is 221 g/mol. The van der Waals surface area contributed by atoms with Crippen LogP contribution in [-0.2, 0) is 13.5 Å². The standard InChI is InChI=1S/C11H14FN5/c1-13-10(5-11-15-7-16-17(11)2)9-4-3-8(12)6-14-9/h3-4,6-7,10,13H,5H2,1-2H3. The van der Waals surface area contributed by atoms with E-state index in [1.54, 1.807) is 10.7 Å². The first-order chi connectivity index (χ1) is 8.20. The number of hydrogen-bond acceptors (Lipinski definition) is 4. The van der Waals surface area contributed by atoms with Crippen LogP contribution in [0, 0.1) is 5.82 Å². The Kier molecular flexibility index (Phi) is 3.43. The van der Waals surface area contributed by atoms with Crippen LogP contribution in [0.1, 0.15) is 17.6 Å². The van der Waals surface area contributed by atoms with Gasteiger partial charge < -0.3 is 5.32 Å². The lowest BCUT2D eigenvalue weighted by atomic mass is 10.1. The van der Waals surface area contributed by atoms with Crippen molar-refractivity contribution in [2.24, 2.45) is 7.05 Å². The monoisotopic (exact) mass is 235 g/mol. The summed E-state index contributed by atoms with van der Waals surface area (Å²) in [6.45, 7) is 0. The molecule has 0 aromatic carbocycles. The zero-order valence-electron chi connectivity index (χ0n) is 9.76. The molecule has 0 aliphatic carbocycles. The zero-order chi connectivity index (χ0) is 12.3. The Bertz CT molecular complexity index is 479. The van der Waals surface area contributed by atoms with E-state index < -0.39 is 0 Å². The van der Waals surface area contributed by atoms with E-state index in [9.17, 15) is 4.39 Å². The Balaban J connectivity index is 2.17. The van der Waals surface area contributed by atoms with E-state index >= 15 is 0 Å². The van der Waals surface area contributed by atoms with Gasteiger partial charge in [-0.1, -0.05) is 0 Å². The topological polar surface area (TPSA) is 55.6 Å². The lowest BCUT2D eigenvalue weighted by Gasteiger charge is -2.14. The Labute approximate surface area is 98.7 Å². The average Bonchev–Trinajstić information content (AvgIpc) is 2.73. The number of hydrogen-bond donors (Lipinski definition) is 1. The molecule has 0 radical (unpaired) electrons. The van der Waals surface area contributed by atoms with Crippen molar-refractivity contribution < 1.29 is 4.39 Å². The van der Waals surface area contributed by atoms with Gasteiger partial charge in [-0.3, -0.25) is 9.67 Å². The van der Waals surface area contributed by atoms with Crippen LogP contribution in [0.15, 0.2) is 24.7 Å². The van der Waals surface area contributed by atoms with Gasteiger partial charge in [0.25, 0.3) is 0 Å². The predicted molar refractivity (Wildman–Crippen MR) is 60.7 cm³/mol. The molecule has 17 heavy (non-hydrogen) atoms. The lowest BCUT2D eigenvalue weighted by Crippen LogP contribution is -2.21. The summed E-state index contributed by atoms with van der Waals surface area (Å²) in [7, 11) is 3.68. The van der Waals surface area contributed by atoms with Crippen molar-refractivity contribution in [1.29, 1.82) is 0 Å². The summed E-state index contributed by atoms with van der Waals surface area (Å²) >= 11 is 0. The molecule has 0 aliphatic heterocycles. The van der Waals surface area contributed by atoms with Crippen molar-refractivity contribution in [3.05, 3.63) is 42.0 Å². The second kappa shape index (κ2) is 5.01. The number of nitrogens with one attached hydrogen (secondary N) is 1. The fourth-order valence-electron chi connectivity index (χ4n) is 1.64. The molecule has 2 aromatic rings. The molecule has 0 saturated carbocycles. The minimum absolute atomic E-state index is 0.00139. The van der Waals surface area contributed by atoms with Gasteiger partial charge in [0.1, 0.15) is 18.0 Å². The second-order valence-corrected chi connectivity index (χ2v) is 3.75. The third-order valence-electron chi connectivity index (χ3n) is 2.65. The zero-order valence-corrected chi connectivity index (χ0v) is 9.76. The molecule has 2 rings (SSSR count). The Morgan fingerprint density at radius 3 is 2.76 bits per heavy atom. The molecule has 2 aromatic heterocycles. The number of aromatic nitrogens is 4. The molecule has 6 heteroatoms. The number of halogens is 1. The van der Waals surface area contributed by atoms with Crippen molar-refractivity contribution in [2.45, 2.75) is 12.5 Å². The summed E-state index contributed by atoms with van der Waals surface area (Å²) in [4.78, 5) is 8.22. The van der Waals surface area contributed by atoms with Crippen molar-refractivity contribution in [3.63, 3.8) is 0 Å². The van der Waals surface area contributed by atoms with Gasteiger partial charge in [-0.2, -0.15) is 5.10 Å². The van der Waals surface area contributed by atoms with Gasteiger partial charge in [-0.25, -0.2) is 9.37 Å². The predicted octanol–water partition coefficient (Wildman–Crippen LogP) is 0.852. The third kappa shape index (κ3) is 2.65. The van der Waals surface area contributed by atoms with Crippen LogP contribution in [0.4, 0.5) is 4.39 Å². The largest absolute Gasteiger partial charge is 0.311 e. The SMILES string of the molecule is CNC(Cc1ncnn1C)c1ccc(F)cn1. The summed E-state index contributed by atoms with van der Waals surface area (Å²) in [5.74, 6) is 0.526. The summed E-state index contributed by atoms with van der Waals surface area (Å²) in [5, 5.41) is 7.15. The highest BCUT2D eigenvalue weighted by molar-refractivity contribution is 5.11. The minimum Gasteiger partial charge on any atom is -0.311 e. The maximum atomic E-state index is 12.8. The van der Waals surface area contributed by atoms with E-state index in [1.807, 2.05) is 14.1 Å². The maximum Gasteiger partial charge on any atom is 0.141 e. The van der Waals surface area contributed by atoms with E-state index in [4.69, 9.17) is 0 Å². The van der Waals surface area contributed by atoms with Gasteiger partial charge in [0.15, 0.2) is 0 Å². The first-order valence-corrected chi connectivity index (χ1v) is 5.32. The van der Waals surface area contributed by atoms with E-state index in [2.05, 4.69) is 20.4 Å². The smallest absolute Gasteiger partial charge is 0.141 e. The Hall–Kier alpha value is -1.82. The number of pyridine rings is 1. The summed E-state index contributed by atoms with van der Waals surface area (Å²) in [6.07, 6.45) is 3.39. The first kappa shape index (κ1) is 11.7. The van der Waals surface area contributed by atoms with Crippen LogP contribution in [0.25, 0.3) is 0 Å². The second-order valence-electron chi connectivity index (χ2n) is 3.75. The fraction of sp³-hybridized carbons (Fsp3) is 0.364. The highest BCUT2D eigenvalue weighted by Crippen LogP contribution is 2.14. The van der Waals surface area contributed by atoms with E-state index in [0.29, 0.717) is 6.42 Å². The van der Waals surface area contributed by atoms with Crippen molar-refractivity contribution in [1.82, 2.24) is 25.1 Å². The first-order valence-electron chi connectivity index (χ1n) is 5.32. The Morgan fingerprint density at radius 1 is 1.41 bits per heavy atom. The number of rotatable bonds is 4. The number of likely N-dealkylation sites (N-methyl/N-ethyl adjacent to an activating group) is 1. The van der Waals surface area contributed by atoms with Crippen LogP contribution in [-0.4, -0.2) is 26.8 Å². The molecule has 0 amide bonds. The van der Waals surface area contributed by atoms with Gasteiger partial charge >= 0.3 is 0 Å². The molecule has 0 fully saturated rings. The van der Waals surface area contributed by atoms with Gasteiger partial charge in [0.05, 0.1) is 17.9 Å². The molecule has 1 unspecified atom stereocenters. The number of aryl methyl sites for hydroxylation is 1. The molecule has 1 N–H and O–H groups in total. The molecule has 0 aliphatic rings. The molecule has 2 heterocycles. The van der Waals surface area contributed by atoms with Crippen LogP contribution in [0.5, 0.6) is 0 Å². The summed E-state index contributed by atoms with van der Waals surface area (Å²) in [6, 6.07) is 3.08. The van der Waals surface area contributed by atoms with E-state index in [0.717, 1.165) is 11.5 Å². The summed E-state index contributed by atoms with van der Waals surface area (Å²) < 4.78 is 14.5.